The first-order valence-corrected chi connectivity index (χ1v) is 11.4. The highest BCUT2D eigenvalue weighted by atomic mass is 32.2. The Balaban J connectivity index is 1.98. The Hall–Kier alpha value is -2.15. The monoisotopic (exact) mass is 388 g/mol. The SMILES string of the molecule is CCN(c1cc(NCC(C)C)nc(-c2ccccc2)n1)C1CCS(=O)(=O)C1. The fourth-order valence-electron chi connectivity index (χ4n) is 3.33. The van der Waals surface area contributed by atoms with Crippen LogP contribution < -0.4 is 10.2 Å². The molecular formula is C20H28N4O2S. The molecule has 1 aliphatic heterocycles. The van der Waals surface area contributed by atoms with E-state index in [0.717, 1.165) is 23.7 Å². The van der Waals surface area contributed by atoms with Crippen molar-refractivity contribution in [3.63, 3.8) is 0 Å². The number of hydrogen-bond donors (Lipinski definition) is 1. The van der Waals surface area contributed by atoms with Crippen molar-refractivity contribution in [2.45, 2.75) is 33.2 Å². The summed E-state index contributed by atoms with van der Waals surface area (Å²) < 4.78 is 23.9. The Labute approximate surface area is 162 Å². The molecule has 1 aromatic heterocycles. The van der Waals surface area contributed by atoms with Crippen LogP contribution in [0.25, 0.3) is 11.4 Å². The molecule has 1 unspecified atom stereocenters. The standard InChI is InChI=1S/C20H28N4O2S/c1-4-24(17-10-11-27(25,26)14-17)19-12-18(21-13-15(2)3)22-20(23-19)16-8-6-5-7-9-16/h5-9,12,15,17H,4,10-11,13-14H2,1-3H3,(H,21,22,23). The molecule has 1 aliphatic rings. The van der Waals surface area contributed by atoms with Crippen molar-refractivity contribution >= 4 is 21.5 Å². The van der Waals surface area contributed by atoms with Gasteiger partial charge in [0, 0.05) is 30.8 Å². The van der Waals surface area contributed by atoms with Gasteiger partial charge in [-0.15, -0.1) is 0 Å². The van der Waals surface area contributed by atoms with Crippen LogP contribution in [0.5, 0.6) is 0 Å². The lowest BCUT2D eigenvalue weighted by Crippen LogP contribution is -2.37. The van der Waals surface area contributed by atoms with E-state index in [2.05, 4.69) is 29.0 Å². The Morgan fingerprint density at radius 2 is 1.96 bits per heavy atom. The zero-order valence-corrected chi connectivity index (χ0v) is 17.0. The maximum atomic E-state index is 12.0. The molecular weight excluding hydrogens is 360 g/mol. The summed E-state index contributed by atoms with van der Waals surface area (Å²) in [5, 5.41) is 3.38. The fraction of sp³-hybridized carbons (Fsp3) is 0.500. The van der Waals surface area contributed by atoms with E-state index in [1.165, 1.54) is 0 Å². The topological polar surface area (TPSA) is 75.2 Å². The highest BCUT2D eigenvalue weighted by Crippen LogP contribution is 2.27. The summed E-state index contributed by atoms with van der Waals surface area (Å²) >= 11 is 0. The maximum Gasteiger partial charge on any atom is 0.163 e. The number of rotatable bonds is 7. The summed E-state index contributed by atoms with van der Waals surface area (Å²) in [6.45, 7) is 7.85. The predicted molar refractivity (Wildman–Crippen MR) is 111 cm³/mol. The molecule has 0 saturated carbocycles. The summed E-state index contributed by atoms with van der Waals surface area (Å²) in [6.07, 6.45) is 0.648. The first-order chi connectivity index (χ1) is 12.9. The van der Waals surface area contributed by atoms with Crippen LogP contribution in [-0.2, 0) is 9.84 Å². The van der Waals surface area contributed by atoms with Crippen molar-refractivity contribution in [1.29, 1.82) is 0 Å². The molecule has 0 amide bonds. The second-order valence-corrected chi connectivity index (χ2v) is 9.65. The summed E-state index contributed by atoms with van der Waals surface area (Å²) in [4.78, 5) is 11.6. The van der Waals surface area contributed by atoms with Crippen molar-refractivity contribution in [3.05, 3.63) is 36.4 Å². The van der Waals surface area contributed by atoms with E-state index >= 15 is 0 Å². The van der Waals surface area contributed by atoms with Crippen LogP contribution in [0.2, 0.25) is 0 Å². The van der Waals surface area contributed by atoms with Crippen LogP contribution in [0, 0.1) is 5.92 Å². The van der Waals surface area contributed by atoms with Crippen LogP contribution >= 0.6 is 0 Å². The summed E-state index contributed by atoms with van der Waals surface area (Å²) in [7, 11) is -2.95. The van der Waals surface area contributed by atoms with Gasteiger partial charge in [-0.05, 0) is 19.3 Å². The van der Waals surface area contributed by atoms with E-state index in [0.29, 0.717) is 24.7 Å². The zero-order valence-electron chi connectivity index (χ0n) is 16.2. The smallest absolute Gasteiger partial charge is 0.163 e. The van der Waals surface area contributed by atoms with E-state index in [4.69, 9.17) is 4.98 Å². The highest BCUT2D eigenvalue weighted by Gasteiger charge is 2.32. The van der Waals surface area contributed by atoms with Crippen molar-refractivity contribution in [2.24, 2.45) is 5.92 Å². The third kappa shape index (κ3) is 4.97. The molecule has 0 radical (unpaired) electrons. The minimum atomic E-state index is -2.95. The molecule has 1 saturated heterocycles. The van der Waals surface area contributed by atoms with Crippen LogP contribution in [0.1, 0.15) is 27.2 Å². The van der Waals surface area contributed by atoms with E-state index in [1.54, 1.807) is 0 Å². The minimum Gasteiger partial charge on any atom is -0.370 e. The van der Waals surface area contributed by atoms with Gasteiger partial charge in [0.05, 0.1) is 11.5 Å². The molecule has 1 aromatic carbocycles. The fourth-order valence-corrected chi connectivity index (χ4v) is 5.06. The van der Waals surface area contributed by atoms with Gasteiger partial charge < -0.3 is 10.2 Å². The Bertz CT molecular complexity index is 869. The third-order valence-electron chi connectivity index (χ3n) is 4.72. The molecule has 6 nitrogen and oxygen atoms in total. The van der Waals surface area contributed by atoms with Gasteiger partial charge in [-0.2, -0.15) is 0 Å². The number of nitrogens with one attached hydrogen (secondary N) is 1. The van der Waals surface area contributed by atoms with Crippen LogP contribution in [0.15, 0.2) is 36.4 Å². The largest absolute Gasteiger partial charge is 0.370 e. The second-order valence-electron chi connectivity index (χ2n) is 7.42. The van der Waals surface area contributed by atoms with Gasteiger partial charge in [-0.3, -0.25) is 0 Å². The molecule has 0 aliphatic carbocycles. The molecule has 27 heavy (non-hydrogen) atoms. The molecule has 1 fully saturated rings. The van der Waals surface area contributed by atoms with Crippen LogP contribution in [-0.4, -0.2) is 49.0 Å². The number of sulfone groups is 1. The first kappa shape index (κ1) is 19.6. The second kappa shape index (κ2) is 8.25. The predicted octanol–water partition coefficient (Wildman–Crippen LogP) is 3.22. The molecule has 3 rings (SSSR count). The lowest BCUT2D eigenvalue weighted by molar-refractivity contribution is 0.599. The summed E-state index contributed by atoms with van der Waals surface area (Å²) in [5.74, 6) is 3.14. The lowest BCUT2D eigenvalue weighted by atomic mass is 10.2. The lowest BCUT2D eigenvalue weighted by Gasteiger charge is -2.28. The number of nitrogens with zero attached hydrogens (tertiary/aromatic N) is 3. The van der Waals surface area contributed by atoms with Gasteiger partial charge in [0.15, 0.2) is 15.7 Å². The number of anilines is 2. The minimum absolute atomic E-state index is 0.0310. The zero-order chi connectivity index (χ0) is 19.4. The van der Waals surface area contributed by atoms with Gasteiger partial charge in [-0.1, -0.05) is 44.2 Å². The molecule has 1 atom stereocenters. The quantitative estimate of drug-likeness (QED) is 0.785. The van der Waals surface area contributed by atoms with E-state index < -0.39 is 9.84 Å². The van der Waals surface area contributed by atoms with E-state index in [-0.39, 0.29) is 17.5 Å². The molecule has 2 aromatic rings. The molecule has 7 heteroatoms. The molecule has 1 N–H and O–H groups in total. The van der Waals surface area contributed by atoms with Crippen molar-refractivity contribution in [1.82, 2.24) is 9.97 Å². The van der Waals surface area contributed by atoms with Crippen molar-refractivity contribution in [2.75, 3.05) is 34.8 Å². The van der Waals surface area contributed by atoms with E-state index in [1.807, 2.05) is 43.3 Å². The van der Waals surface area contributed by atoms with Crippen molar-refractivity contribution < 1.29 is 8.42 Å². The van der Waals surface area contributed by atoms with Gasteiger partial charge >= 0.3 is 0 Å². The van der Waals surface area contributed by atoms with Gasteiger partial charge in [0.1, 0.15) is 11.6 Å². The Kier molecular flexibility index (Phi) is 5.99. The van der Waals surface area contributed by atoms with Gasteiger partial charge in [-0.25, -0.2) is 18.4 Å². The highest BCUT2D eigenvalue weighted by molar-refractivity contribution is 7.91. The Morgan fingerprint density at radius 1 is 1.22 bits per heavy atom. The molecule has 0 spiro atoms. The molecule has 146 valence electrons. The average molecular weight is 389 g/mol. The molecule has 0 bridgehead atoms. The summed E-state index contributed by atoms with van der Waals surface area (Å²) in [6, 6.07) is 11.8. The van der Waals surface area contributed by atoms with Gasteiger partial charge in [0.25, 0.3) is 0 Å². The number of benzene rings is 1. The first-order valence-electron chi connectivity index (χ1n) is 9.53. The Morgan fingerprint density at radius 3 is 2.56 bits per heavy atom. The van der Waals surface area contributed by atoms with E-state index in [9.17, 15) is 8.42 Å². The molecule has 2 heterocycles. The third-order valence-corrected chi connectivity index (χ3v) is 6.47. The van der Waals surface area contributed by atoms with Crippen LogP contribution in [0.4, 0.5) is 11.6 Å². The number of aromatic nitrogens is 2. The normalized spacial score (nSPS) is 18.6. The average Bonchev–Trinajstić information content (AvgIpc) is 3.01. The summed E-state index contributed by atoms with van der Waals surface area (Å²) in [5.41, 5.74) is 0.946. The van der Waals surface area contributed by atoms with Crippen LogP contribution in [0.3, 0.4) is 0 Å². The van der Waals surface area contributed by atoms with Crippen molar-refractivity contribution in [3.8, 4) is 11.4 Å². The van der Waals surface area contributed by atoms with Gasteiger partial charge in [0.2, 0.25) is 0 Å². The number of hydrogen-bond acceptors (Lipinski definition) is 6. The maximum absolute atomic E-state index is 12.0.